The van der Waals surface area contributed by atoms with E-state index in [0.29, 0.717) is 23.1 Å². The Labute approximate surface area is 103 Å². The summed E-state index contributed by atoms with van der Waals surface area (Å²) in [5.74, 6) is 0. The fourth-order valence-corrected chi connectivity index (χ4v) is 1.78. The van der Waals surface area contributed by atoms with E-state index in [9.17, 15) is 9.59 Å². The minimum absolute atomic E-state index is 0.216. The van der Waals surface area contributed by atoms with Crippen molar-refractivity contribution < 1.29 is 4.79 Å². The Kier molecular flexibility index (Phi) is 3.11. The molecule has 0 unspecified atom stereocenters. The molecule has 86 valence electrons. The van der Waals surface area contributed by atoms with E-state index < -0.39 is 0 Å². The lowest BCUT2D eigenvalue weighted by atomic mass is 10.2. The number of rotatable bonds is 2. The second-order valence-electron chi connectivity index (χ2n) is 3.65. The Morgan fingerprint density at radius 1 is 1.24 bits per heavy atom. The summed E-state index contributed by atoms with van der Waals surface area (Å²) in [4.78, 5) is 22.9. The van der Waals surface area contributed by atoms with Gasteiger partial charge in [0.2, 0.25) is 0 Å². The van der Waals surface area contributed by atoms with Crippen molar-refractivity contribution in [1.82, 2.24) is 4.57 Å². The smallest absolute Gasteiger partial charge is 0.259 e. The highest BCUT2D eigenvalue weighted by atomic mass is 35.5. The van der Waals surface area contributed by atoms with Crippen molar-refractivity contribution in [2.24, 2.45) is 0 Å². The van der Waals surface area contributed by atoms with E-state index >= 15 is 0 Å². The van der Waals surface area contributed by atoms with Crippen molar-refractivity contribution in [1.29, 1.82) is 0 Å². The number of carbonyl (C=O) groups excluding carboxylic acids is 1. The van der Waals surface area contributed by atoms with Gasteiger partial charge in [-0.15, -0.1) is 0 Å². The molecule has 1 aromatic heterocycles. The Bertz CT molecular complexity index is 617. The van der Waals surface area contributed by atoms with Gasteiger partial charge in [-0.2, -0.15) is 0 Å². The zero-order chi connectivity index (χ0) is 12.4. The number of hydrogen-bond acceptors (Lipinski definition) is 2. The summed E-state index contributed by atoms with van der Waals surface area (Å²) >= 11 is 5.91. The number of pyridine rings is 1. The molecule has 0 bridgehead atoms. The molecule has 2 rings (SSSR count). The van der Waals surface area contributed by atoms with Crippen LogP contribution in [0, 0.1) is 6.92 Å². The maximum Gasteiger partial charge on any atom is 0.259 e. The van der Waals surface area contributed by atoms with Gasteiger partial charge in [-0.3, -0.25) is 14.2 Å². The van der Waals surface area contributed by atoms with Crippen LogP contribution in [0.25, 0.3) is 5.69 Å². The first-order valence-electron chi connectivity index (χ1n) is 5.07. The summed E-state index contributed by atoms with van der Waals surface area (Å²) < 4.78 is 1.42. The van der Waals surface area contributed by atoms with Crippen LogP contribution in [0.15, 0.2) is 41.3 Å². The first kappa shape index (κ1) is 11.6. The van der Waals surface area contributed by atoms with Gasteiger partial charge >= 0.3 is 0 Å². The van der Waals surface area contributed by atoms with E-state index in [-0.39, 0.29) is 10.6 Å². The van der Waals surface area contributed by atoms with E-state index in [2.05, 4.69) is 0 Å². The third-order valence-electron chi connectivity index (χ3n) is 2.55. The topological polar surface area (TPSA) is 39.1 Å². The van der Waals surface area contributed by atoms with E-state index in [4.69, 9.17) is 11.6 Å². The minimum atomic E-state index is -0.216. The number of nitrogens with zero attached hydrogens (tertiary/aromatic N) is 1. The van der Waals surface area contributed by atoms with Crippen LogP contribution in [-0.2, 0) is 0 Å². The van der Waals surface area contributed by atoms with Gasteiger partial charge in [0, 0.05) is 17.4 Å². The lowest BCUT2D eigenvalue weighted by Gasteiger charge is -2.09. The highest BCUT2D eigenvalue weighted by Crippen LogP contribution is 2.17. The van der Waals surface area contributed by atoms with Gasteiger partial charge in [-0.25, -0.2) is 0 Å². The van der Waals surface area contributed by atoms with Crippen molar-refractivity contribution in [3.05, 3.63) is 63.0 Å². The predicted molar refractivity (Wildman–Crippen MR) is 67.2 cm³/mol. The van der Waals surface area contributed by atoms with Gasteiger partial charge < -0.3 is 0 Å². The summed E-state index contributed by atoms with van der Waals surface area (Å²) in [6, 6.07) is 9.10. The van der Waals surface area contributed by atoms with Crippen molar-refractivity contribution in [2.75, 3.05) is 0 Å². The van der Waals surface area contributed by atoms with Crippen LogP contribution >= 0.6 is 11.6 Å². The molecule has 0 amide bonds. The molecule has 4 heteroatoms. The third kappa shape index (κ3) is 2.01. The van der Waals surface area contributed by atoms with Gasteiger partial charge in [0.05, 0.1) is 10.6 Å². The van der Waals surface area contributed by atoms with Crippen LogP contribution in [0.3, 0.4) is 0 Å². The molecule has 0 saturated carbocycles. The summed E-state index contributed by atoms with van der Waals surface area (Å²) in [5.41, 5.74) is 1.18. The first-order chi connectivity index (χ1) is 8.15. The second-order valence-corrected chi connectivity index (χ2v) is 4.03. The monoisotopic (exact) mass is 247 g/mol. The van der Waals surface area contributed by atoms with E-state index in [1.807, 2.05) is 18.2 Å². The fourth-order valence-electron chi connectivity index (χ4n) is 1.61. The van der Waals surface area contributed by atoms with Gasteiger partial charge in [0.15, 0.2) is 6.29 Å². The molecule has 1 aromatic carbocycles. The lowest BCUT2D eigenvalue weighted by Crippen LogP contribution is -2.21. The molecule has 0 radical (unpaired) electrons. The average molecular weight is 248 g/mol. The zero-order valence-electron chi connectivity index (χ0n) is 9.18. The number of aromatic nitrogens is 1. The normalized spacial score (nSPS) is 10.2. The maximum atomic E-state index is 12.0. The van der Waals surface area contributed by atoms with Crippen LogP contribution in [0.2, 0.25) is 5.02 Å². The van der Waals surface area contributed by atoms with Crippen LogP contribution in [-0.4, -0.2) is 10.9 Å². The molecule has 0 fully saturated rings. The van der Waals surface area contributed by atoms with Gasteiger partial charge in [0.1, 0.15) is 0 Å². The summed E-state index contributed by atoms with van der Waals surface area (Å²) in [7, 11) is 0. The van der Waals surface area contributed by atoms with E-state index in [1.165, 1.54) is 10.8 Å². The predicted octanol–water partition coefficient (Wildman–Crippen LogP) is 2.61. The summed E-state index contributed by atoms with van der Waals surface area (Å²) in [6.07, 6.45) is 2.11. The van der Waals surface area contributed by atoms with Crippen LogP contribution < -0.4 is 5.56 Å². The zero-order valence-corrected chi connectivity index (χ0v) is 9.94. The van der Waals surface area contributed by atoms with E-state index in [1.54, 1.807) is 19.1 Å². The summed E-state index contributed by atoms with van der Waals surface area (Å²) in [5, 5.41) is 0.220. The number of halogens is 1. The molecular formula is C13H10ClNO2. The number of aldehydes is 1. The van der Waals surface area contributed by atoms with Crippen molar-refractivity contribution >= 4 is 17.9 Å². The number of hydrogen-bond donors (Lipinski definition) is 0. The third-order valence-corrected chi connectivity index (χ3v) is 3.05. The van der Waals surface area contributed by atoms with Gasteiger partial charge in [0.25, 0.3) is 5.56 Å². The van der Waals surface area contributed by atoms with Crippen molar-refractivity contribution in [2.45, 2.75) is 6.92 Å². The van der Waals surface area contributed by atoms with Crippen LogP contribution in [0.1, 0.15) is 15.9 Å². The molecule has 0 spiro atoms. The number of benzene rings is 1. The Morgan fingerprint density at radius 2 is 1.88 bits per heavy atom. The molecular weight excluding hydrogens is 238 g/mol. The Morgan fingerprint density at radius 3 is 2.47 bits per heavy atom. The number of para-hydroxylation sites is 1. The molecule has 0 atom stereocenters. The largest absolute Gasteiger partial charge is 0.298 e. The molecule has 1 heterocycles. The quantitative estimate of drug-likeness (QED) is 0.766. The Hall–Kier alpha value is -1.87. The number of carbonyl (C=O) groups is 1. The SMILES string of the molecule is Cc1c(Cl)c(C=O)cn(-c2ccccc2)c1=O. The summed E-state index contributed by atoms with van der Waals surface area (Å²) in [6.45, 7) is 1.61. The molecule has 0 aliphatic rings. The fraction of sp³-hybridized carbons (Fsp3) is 0.0769. The minimum Gasteiger partial charge on any atom is -0.298 e. The molecule has 0 aliphatic carbocycles. The maximum absolute atomic E-state index is 12.0. The molecule has 0 saturated heterocycles. The molecule has 3 nitrogen and oxygen atoms in total. The van der Waals surface area contributed by atoms with Crippen LogP contribution in [0.5, 0.6) is 0 Å². The molecule has 17 heavy (non-hydrogen) atoms. The van der Waals surface area contributed by atoms with Crippen molar-refractivity contribution in [3.63, 3.8) is 0 Å². The second kappa shape index (κ2) is 4.55. The first-order valence-corrected chi connectivity index (χ1v) is 5.45. The standard InChI is InChI=1S/C13H10ClNO2/c1-9-12(14)10(8-16)7-15(13(9)17)11-5-3-2-4-6-11/h2-8H,1H3. The molecule has 2 aromatic rings. The van der Waals surface area contributed by atoms with Gasteiger partial charge in [-0.1, -0.05) is 29.8 Å². The highest BCUT2D eigenvalue weighted by molar-refractivity contribution is 6.33. The van der Waals surface area contributed by atoms with Crippen LogP contribution in [0.4, 0.5) is 0 Å². The average Bonchev–Trinajstić information content (AvgIpc) is 2.37. The Balaban J connectivity index is 2.76. The lowest BCUT2D eigenvalue weighted by molar-refractivity contribution is 0.112. The molecule has 0 N–H and O–H groups in total. The highest BCUT2D eigenvalue weighted by Gasteiger charge is 2.10. The van der Waals surface area contributed by atoms with Gasteiger partial charge in [-0.05, 0) is 19.1 Å². The van der Waals surface area contributed by atoms with E-state index in [0.717, 1.165) is 0 Å². The van der Waals surface area contributed by atoms with Crippen molar-refractivity contribution in [3.8, 4) is 5.69 Å². The molecule has 0 aliphatic heterocycles.